The molecule has 0 unspecified atom stereocenters. The number of hydrogen-bond acceptors (Lipinski definition) is 5. The van der Waals surface area contributed by atoms with Crippen molar-refractivity contribution in [3.63, 3.8) is 0 Å². The maximum absolute atomic E-state index is 11.6. The van der Waals surface area contributed by atoms with Gasteiger partial charge in [-0.3, -0.25) is 9.48 Å². The smallest absolute Gasteiger partial charge is 0.234 e. The Morgan fingerprint density at radius 1 is 1.30 bits per heavy atom. The minimum atomic E-state index is 0.0278. The number of anilines is 2. The first-order chi connectivity index (χ1) is 13.1. The van der Waals surface area contributed by atoms with Crippen molar-refractivity contribution in [1.29, 1.82) is 5.26 Å². The summed E-state index contributed by atoms with van der Waals surface area (Å²) in [5.41, 5.74) is 5.32. The number of carbonyl (C=O) groups is 1. The summed E-state index contributed by atoms with van der Waals surface area (Å²) in [5.74, 6) is 0.490. The van der Waals surface area contributed by atoms with Crippen molar-refractivity contribution in [2.45, 2.75) is 11.4 Å². The van der Waals surface area contributed by atoms with Crippen LogP contribution in [0.15, 0.2) is 53.6 Å². The Morgan fingerprint density at radius 3 is 2.89 bits per heavy atom. The third-order valence-corrected chi connectivity index (χ3v) is 5.36. The quantitative estimate of drug-likeness (QED) is 0.728. The molecule has 2 N–H and O–H groups in total. The van der Waals surface area contributed by atoms with Gasteiger partial charge in [-0.2, -0.15) is 10.4 Å². The fraction of sp³-hybridized carbons (Fsp3) is 0.150. The predicted octanol–water partition coefficient (Wildman–Crippen LogP) is 3.62. The second-order valence-electron chi connectivity index (χ2n) is 6.27. The van der Waals surface area contributed by atoms with E-state index in [2.05, 4.69) is 21.8 Å². The maximum Gasteiger partial charge on any atom is 0.234 e. The molecule has 0 bridgehead atoms. The van der Waals surface area contributed by atoms with E-state index in [0.717, 1.165) is 33.1 Å². The lowest BCUT2D eigenvalue weighted by Crippen LogP contribution is -2.18. The van der Waals surface area contributed by atoms with Gasteiger partial charge in [-0.25, -0.2) is 0 Å². The van der Waals surface area contributed by atoms with Crippen LogP contribution in [0.4, 0.5) is 11.4 Å². The van der Waals surface area contributed by atoms with Gasteiger partial charge >= 0.3 is 0 Å². The normalized spacial score (nSPS) is 12.8. The third-order valence-electron chi connectivity index (χ3n) is 4.29. The second kappa shape index (κ2) is 7.17. The molecule has 1 aliphatic heterocycles. The van der Waals surface area contributed by atoms with E-state index in [1.54, 1.807) is 28.6 Å². The van der Waals surface area contributed by atoms with Crippen molar-refractivity contribution >= 4 is 29.0 Å². The number of rotatable bonds is 4. The molecule has 2 aromatic carbocycles. The highest BCUT2D eigenvalue weighted by molar-refractivity contribution is 8.00. The largest absolute Gasteiger partial charge is 0.381 e. The van der Waals surface area contributed by atoms with Crippen LogP contribution in [-0.4, -0.2) is 21.4 Å². The van der Waals surface area contributed by atoms with E-state index in [1.807, 2.05) is 43.6 Å². The van der Waals surface area contributed by atoms with E-state index < -0.39 is 0 Å². The minimum Gasteiger partial charge on any atom is -0.381 e. The summed E-state index contributed by atoms with van der Waals surface area (Å²) in [4.78, 5) is 12.7. The van der Waals surface area contributed by atoms with Gasteiger partial charge in [0.25, 0.3) is 0 Å². The number of benzene rings is 2. The van der Waals surface area contributed by atoms with Gasteiger partial charge in [-0.05, 0) is 30.3 Å². The van der Waals surface area contributed by atoms with Gasteiger partial charge in [-0.15, -0.1) is 11.8 Å². The zero-order valence-electron chi connectivity index (χ0n) is 14.7. The standard InChI is InChI=1S/C20H17N5OS/c1-25-11-15(20(24-25)14-4-2-13(9-21)3-5-14)10-22-16-6-7-18-17(8-16)23-19(26)12-27-18/h2-8,11,22H,10,12H2,1H3,(H,23,26). The van der Waals surface area contributed by atoms with Gasteiger partial charge in [0.1, 0.15) is 0 Å². The van der Waals surface area contributed by atoms with Crippen LogP contribution in [0.2, 0.25) is 0 Å². The molecule has 0 spiro atoms. The third kappa shape index (κ3) is 3.66. The molecule has 4 rings (SSSR count). The molecule has 0 fully saturated rings. The topological polar surface area (TPSA) is 82.7 Å². The number of carbonyl (C=O) groups excluding carboxylic acids is 1. The van der Waals surface area contributed by atoms with Crippen LogP contribution >= 0.6 is 11.8 Å². The zero-order chi connectivity index (χ0) is 18.8. The van der Waals surface area contributed by atoms with Crippen molar-refractivity contribution in [2.75, 3.05) is 16.4 Å². The number of nitrogens with zero attached hydrogens (tertiary/aromatic N) is 3. The van der Waals surface area contributed by atoms with Crippen LogP contribution in [0, 0.1) is 11.3 Å². The van der Waals surface area contributed by atoms with Gasteiger partial charge in [-0.1, -0.05) is 12.1 Å². The molecule has 1 aromatic heterocycles. The number of fused-ring (bicyclic) bond motifs is 1. The Morgan fingerprint density at radius 2 is 2.11 bits per heavy atom. The molecule has 0 saturated carbocycles. The molecule has 27 heavy (non-hydrogen) atoms. The molecular weight excluding hydrogens is 358 g/mol. The summed E-state index contributed by atoms with van der Waals surface area (Å²) >= 11 is 1.55. The molecule has 0 atom stereocenters. The highest BCUT2D eigenvalue weighted by Crippen LogP contribution is 2.33. The molecule has 1 aliphatic rings. The van der Waals surface area contributed by atoms with Gasteiger partial charge in [0.15, 0.2) is 0 Å². The lowest BCUT2D eigenvalue weighted by Gasteiger charge is -2.17. The fourth-order valence-electron chi connectivity index (χ4n) is 3.00. The van der Waals surface area contributed by atoms with Gasteiger partial charge in [0.2, 0.25) is 5.91 Å². The molecule has 0 saturated heterocycles. The van der Waals surface area contributed by atoms with Gasteiger partial charge < -0.3 is 10.6 Å². The Kier molecular flexibility index (Phi) is 4.57. The molecule has 134 valence electrons. The summed E-state index contributed by atoms with van der Waals surface area (Å²) in [7, 11) is 1.89. The highest BCUT2D eigenvalue weighted by Gasteiger charge is 2.16. The molecule has 1 amide bonds. The Labute approximate surface area is 161 Å². The summed E-state index contributed by atoms with van der Waals surface area (Å²) in [6.45, 7) is 0.600. The number of nitriles is 1. The average molecular weight is 375 g/mol. The maximum atomic E-state index is 11.6. The zero-order valence-corrected chi connectivity index (χ0v) is 15.5. The average Bonchev–Trinajstić information content (AvgIpc) is 3.06. The number of aryl methyl sites for hydroxylation is 1. The van der Waals surface area contributed by atoms with Gasteiger partial charge in [0.05, 0.1) is 28.8 Å². The molecule has 3 aromatic rings. The van der Waals surface area contributed by atoms with Crippen LogP contribution in [0.1, 0.15) is 11.1 Å². The number of hydrogen-bond donors (Lipinski definition) is 2. The van der Waals surface area contributed by atoms with Crippen molar-refractivity contribution in [2.24, 2.45) is 7.05 Å². The highest BCUT2D eigenvalue weighted by atomic mass is 32.2. The van der Waals surface area contributed by atoms with E-state index >= 15 is 0 Å². The lowest BCUT2D eigenvalue weighted by molar-refractivity contribution is -0.113. The number of amides is 1. The van der Waals surface area contributed by atoms with Crippen LogP contribution in [-0.2, 0) is 18.4 Å². The predicted molar refractivity (Wildman–Crippen MR) is 106 cm³/mol. The van der Waals surface area contributed by atoms with Gasteiger partial charge in [0, 0.05) is 41.5 Å². The molecular formula is C20H17N5OS. The Balaban J connectivity index is 1.54. The Bertz CT molecular complexity index is 1050. The Hall–Kier alpha value is -3.24. The van der Waals surface area contributed by atoms with E-state index in [1.165, 1.54) is 0 Å². The molecule has 0 aliphatic carbocycles. The minimum absolute atomic E-state index is 0.0278. The molecule has 0 radical (unpaired) electrons. The van der Waals surface area contributed by atoms with Crippen molar-refractivity contribution in [3.05, 3.63) is 59.8 Å². The first-order valence-electron chi connectivity index (χ1n) is 8.46. The summed E-state index contributed by atoms with van der Waals surface area (Å²) in [5, 5.41) is 19.8. The second-order valence-corrected chi connectivity index (χ2v) is 7.28. The van der Waals surface area contributed by atoms with E-state index in [4.69, 9.17) is 5.26 Å². The number of thioether (sulfide) groups is 1. The molecule has 2 heterocycles. The van der Waals surface area contributed by atoms with E-state index in [9.17, 15) is 4.79 Å². The summed E-state index contributed by atoms with van der Waals surface area (Å²) in [6, 6.07) is 15.5. The number of aromatic nitrogens is 2. The summed E-state index contributed by atoms with van der Waals surface area (Å²) < 4.78 is 1.79. The van der Waals surface area contributed by atoms with E-state index in [-0.39, 0.29) is 5.91 Å². The number of nitrogens with one attached hydrogen (secondary N) is 2. The van der Waals surface area contributed by atoms with Crippen molar-refractivity contribution in [1.82, 2.24) is 9.78 Å². The van der Waals surface area contributed by atoms with Crippen LogP contribution in [0.25, 0.3) is 11.3 Å². The summed E-state index contributed by atoms with van der Waals surface area (Å²) in [6.07, 6.45) is 1.98. The molecule has 6 nitrogen and oxygen atoms in total. The van der Waals surface area contributed by atoms with Crippen molar-refractivity contribution in [3.8, 4) is 17.3 Å². The van der Waals surface area contributed by atoms with Crippen molar-refractivity contribution < 1.29 is 4.79 Å². The molecule has 7 heteroatoms. The lowest BCUT2D eigenvalue weighted by atomic mass is 10.1. The van der Waals surface area contributed by atoms with E-state index in [0.29, 0.717) is 17.9 Å². The fourth-order valence-corrected chi connectivity index (χ4v) is 3.79. The first-order valence-corrected chi connectivity index (χ1v) is 9.44. The van der Waals surface area contributed by atoms with Crippen LogP contribution in [0.5, 0.6) is 0 Å². The monoisotopic (exact) mass is 375 g/mol. The SMILES string of the molecule is Cn1cc(CNc2ccc3c(c2)NC(=O)CS3)c(-c2ccc(C#N)cc2)n1. The van der Waals surface area contributed by atoms with Crippen LogP contribution < -0.4 is 10.6 Å². The van der Waals surface area contributed by atoms with Crippen LogP contribution in [0.3, 0.4) is 0 Å². The first kappa shape index (κ1) is 17.2.